The molecule has 0 aliphatic carbocycles. The molecule has 0 spiro atoms. The summed E-state index contributed by atoms with van der Waals surface area (Å²) in [5.74, 6) is -0.238. The third-order valence-electron chi connectivity index (χ3n) is 3.60. The van der Waals surface area contributed by atoms with Gasteiger partial charge in [-0.3, -0.25) is 0 Å². The molecule has 100 valence electrons. The van der Waals surface area contributed by atoms with Crippen molar-refractivity contribution in [2.75, 3.05) is 37.6 Å². The number of hydrogen-bond donors (Lipinski definition) is 1. The zero-order chi connectivity index (χ0) is 13.1. The van der Waals surface area contributed by atoms with Crippen molar-refractivity contribution >= 4 is 5.69 Å². The van der Waals surface area contributed by atoms with Gasteiger partial charge in [-0.2, -0.15) is 0 Å². The van der Waals surface area contributed by atoms with Crippen molar-refractivity contribution in [2.45, 2.75) is 20.0 Å². The Balaban J connectivity index is 2.23. The van der Waals surface area contributed by atoms with Crippen LogP contribution in [-0.2, 0) is 0 Å². The molecule has 1 aromatic carbocycles. The van der Waals surface area contributed by atoms with E-state index >= 15 is 0 Å². The predicted octanol–water partition coefficient (Wildman–Crippen LogP) is 2.02. The lowest BCUT2D eigenvalue weighted by Gasteiger charge is -2.36. The van der Waals surface area contributed by atoms with E-state index in [-0.39, 0.29) is 5.82 Å². The second kappa shape index (κ2) is 5.67. The number of aliphatic hydroxyl groups excluding tert-OH is 1. The first kappa shape index (κ1) is 13.3. The summed E-state index contributed by atoms with van der Waals surface area (Å²) in [5.41, 5.74) is 1.25. The van der Waals surface area contributed by atoms with Crippen molar-refractivity contribution in [3.05, 3.63) is 29.6 Å². The summed E-state index contributed by atoms with van der Waals surface area (Å²) < 4.78 is 14.0. The van der Waals surface area contributed by atoms with Crippen LogP contribution in [0.3, 0.4) is 0 Å². The fraction of sp³-hybridized carbons (Fsp3) is 0.571. The molecule has 1 aromatic rings. The van der Waals surface area contributed by atoms with Crippen molar-refractivity contribution < 1.29 is 9.50 Å². The van der Waals surface area contributed by atoms with Gasteiger partial charge >= 0.3 is 0 Å². The van der Waals surface area contributed by atoms with E-state index in [0.29, 0.717) is 11.3 Å². The molecule has 0 aromatic heterocycles. The molecule has 1 fully saturated rings. The quantitative estimate of drug-likeness (QED) is 0.891. The van der Waals surface area contributed by atoms with Gasteiger partial charge in [0.15, 0.2) is 0 Å². The number of nitrogens with zero attached hydrogens (tertiary/aromatic N) is 2. The highest BCUT2D eigenvalue weighted by Crippen LogP contribution is 2.30. The second-order valence-electron chi connectivity index (χ2n) is 4.77. The predicted molar refractivity (Wildman–Crippen MR) is 71.4 cm³/mol. The minimum Gasteiger partial charge on any atom is -0.389 e. The van der Waals surface area contributed by atoms with E-state index in [9.17, 15) is 9.50 Å². The van der Waals surface area contributed by atoms with Crippen molar-refractivity contribution in [3.63, 3.8) is 0 Å². The Kier molecular flexibility index (Phi) is 4.19. The summed E-state index contributed by atoms with van der Waals surface area (Å²) >= 11 is 0. The van der Waals surface area contributed by atoms with Crippen molar-refractivity contribution in [3.8, 4) is 0 Å². The Morgan fingerprint density at radius 3 is 2.50 bits per heavy atom. The summed E-state index contributed by atoms with van der Waals surface area (Å²) in [5, 5.41) is 9.75. The Morgan fingerprint density at radius 2 is 1.94 bits per heavy atom. The SMILES string of the molecule is CCN1CCN(c2c(F)cccc2C(C)O)CC1. The van der Waals surface area contributed by atoms with Gasteiger partial charge in [0, 0.05) is 31.7 Å². The fourth-order valence-corrected chi connectivity index (χ4v) is 2.49. The number of benzene rings is 1. The molecule has 1 saturated heterocycles. The maximum atomic E-state index is 14.0. The number of para-hydroxylation sites is 1. The molecule has 4 heteroatoms. The van der Waals surface area contributed by atoms with Crippen LogP contribution in [-0.4, -0.2) is 42.7 Å². The summed E-state index contributed by atoms with van der Waals surface area (Å²) in [4.78, 5) is 4.39. The van der Waals surface area contributed by atoms with Crippen LogP contribution in [0.4, 0.5) is 10.1 Å². The molecule has 1 aliphatic rings. The zero-order valence-corrected chi connectivity index (χ0v) is 11.1. The highest BCUT2D eigenvalue weighted by atomic mass is 19.1. The molecule has 3 nitrogen and oxygen atoms in total. The van der Waals surface area contributed by atoms with E-state index < -0.39 is 6.10 Å². The van der Waals surface area contributed by atoms with Crippen LogP contribution in [0.15, 0.2) is 18.2 Å². The average molecular weight is 252 g/mol. The Bertz CT molecular complexity index is 401. The van der Waals surface area contributed by atoms with Crippen LogP contribution in [0, 0.1) is 5.82 Å². The lowest BCUT2D eigenvalue weighted by Crippen LogP contribution is -2.46. The second-order valence-corrected chi connectivity index (χ2v) is 4.77. The van der Waals surface area contributed by atoms with Crippen LogP contribution in [0.2, 0.25) is 0 Å². The number of rotatable bonds is 3. The molecule has 1 unspecified atom stereocenters. The van der Waals surface area contributed by atoms with Gasteiger partial charge in [0.1, 0.15) is 5.82 Å². The molecule has 1 atom stereocenters. The summed E-state index contributed by atoms with van der Waals surface area (Å²) in [6.07, 6.45) is -0.639. The van der Waals surface area contributed by atoms with Crippen LogP contribution >= 0.6 is 0 Å². The van der Waals surface area contributed by atoms with Crippen LogP contribution in [0.5, 0.6) is 0 Å². The number of piperazine rings is 1. The molecular formula is C14H21FN2O. The van der Waals surface area contributed by atoms with Gasteiger partial charge in [-0.25, -0.2) is 4.39 Å². The molecule has 2 rings (SSSR count). The van der Waals surface area contributed by atoms with Gasteiger partial charge in [0.05, 0.1) is 11.8 Å². The lowest BCUT2D eigenvalue weighted by molar-refractivity contribution is 0.198. The van der Waals surface area contributed by atoms with Crippen molar-refractivity contribution in [1.82, 2.24) is 4.90 Å². The highest BCUT2D eigenvalue weighted by Gasteiger charge is 2.22. The Hall–Kier alpha value is -1.13. The van der Waals surface area contributed by atoms with Gasteiger partial charge in [0.2, 0.25) is 0 Å². The van der Waals surface area contributed by atoms with Crippen molar-refractivity contribution in [2.24, 2.45) is 0 Å². The minimum atomic E-state index is -0.639. The van der Waals surface area contributed by atoms with E-state index in [4.69, 9.17) is 0 Å². The number of aliphatic hydroxyl groups is 1. The van der Waals surface area contributed by atoms with Gasteiger partial charge in [0.25, 0.3) is 0 Å². The zero-order valence-electron chi connectivity index (χ0n) is 11.1. The maximum absolute atomic E-state index is 14.0. The average Bonchev–Trinajstić information content (AvgIpc) is 2.38. The van der Waals surface area contributed by atoms with Gasteiger partial charge in [-0.15, -0.1) is 0 Å². The number of anilines is 1. The largest absolute Gasteiger partial charge is 0.389 e. The van der Waals surface area contributed by atoms with Crippen LogP contribution in [0.25, 0.3) is 0 Å². The van der Waals surface area contributed by atoms with E-state index in [0.717, 1.165) is 32.7 Å². The third-order valence-corrected chi connectivity index (χ3v) is 3.60. The first-order valence-corrected chi connectivity index (χ1v) is 6.57. The third kappa shape index (κ3) is 2.65. The lowest BCUT2D eigenvalue weighted by atomic mass is 10.1. The van der Waals surface area contributed by atoms with E-state index in [1.54, 1.807) is 19.1 Å². The molecular weight excluding hydrogens is 231 g/mol. The number of halogens is 1. The van der Waals surface area contributed by atoms with Gasteiger partial charge in [-0.1, -0.05) is 19.1 Å². The number of hydrogen-bond acceptors (Lipinski definition) is 3. The van der Waals surface area contributed by atoms with Crippen LogP contribution < -0.4 is 4.90 Å². The molecule has 18 heavy (non-hydrogen) atoms. The molecule has 1 N–H and O–H groups in total. The molecule has 1 heterocycles. The smallest absolute Gasteiger partial charge is 0.146 e. The van der Waals surface area contributed by atoms with E-state index in [1.807, 2.05) is 4.90 Å². The van der Waals surface area contributed by atoms with Crippen molar-refractivity contribution in [1.29, 1.82) is 0 Å². The standard InChI is InChI=1S/C14H21FN2O/c1-3-16-7-9-17(10-8-16)14-12(11(2)18)5-4-6-13(14)15/h4-6,11,18H,3,7-10H2,1-2H3. The monoisotopic (exact) mass is 252 g/mol. The molecule has 0 amide bonds. The first-order valence-electron chi connectivity index (χ1n) is 6.57. The fourth-order valence-electron chi connectivity index (χ4n) is 2.49. The van der Waals surface area contributed by atoms with Gasteiger partial charge < -0.3 is 14.9 Å². The normalized spacial score (nSPS) is 19.0. The van der Waals surface area contributed by atoms with E-state index in [1.165, 1.54) is 6.07 Å². The highest BCUT2D eigenvalue weighted by molar-refractivity contribution is 5.56. The summed E-state index contributed by atoms with van der Waals surface area (Å²) in [6.45, 7) is 8.38. The van der Waals surface area contributed by atoms with Gasteiger partial charge in [-0.05, 0) is 19.5 Å². The minimum absolute atomic E-state index is 0.238. The molecule has 0 bridgehead atoms. The van der Waals surface area contributed by atoms with E-state index in [2.05, 4.69) is 11.8 Å². The molecule has 0 saturated carbocycles. The maximum Gasteiger partial charge on any atom is 0.146 e. The topological polar surface area (TPSA) is 26.7 Å². The summed E-state index contributed by atoms with van der Waals surface area (Å²) in [7, 11) is 0. The molecule has 0 radical (unpaired) electrons. The summed E-state index contributed by atoms with van der Waals surface area (Å²) in [6, 6.07) is 4.92. The Labute approximate surface area is 108 Å². The molecule has 1 aliphatic heterocycles. The Morgan fingerprint density at radius 1 is 1.28 bits per heavy atom. The first-order chi connectivity index (χ1) is 8.63. The van der Waals surface area contributed by atoms with Crippen LogP contribution in [0.1, 0.15) is 25.5 Å². The number of likely N-dealkylation sites (N-methyl/N-ethyl adjacent to an activating group) is 1.